The molecule has 0 amide bonds. The van der Waals surface area contributed by atoms with Crippen molar-refractivity contribution < 1.29 is 28.4 Å². The molecule has 15 rings (SSSR count). The van der Waals surface area contributed by atoms with Gasteiger partial charge in [0.25, 0.3) is 0 Å². The number of nitrogens with one attached hydrogen (secondary N) is 3. The van der Waals surface area contributed by atoms with E-state index in [2.05, 4.69) is 136 Å². The number of para-hydroxylation sites is 11. The molecule has 15 nitrogen and oxygen atoms in total. The van der Waals surface area contributed by atoms with Crippen molar-refractivity contribution in [1.29, 1.82) is 0 Å². The van der Waals surface area contributed by atoms with Crippen molar-refractivity contribution >= 4 is 73.0 Å². The third kappa shape index (κ3) is 18.1. The van der Waals surface area contributed by atoms with Gasteiger partial charge in [-0.3, -0.25) is 14.7 Å². The Morgan fingerprint density at radius 3 is 1.07 bits per heavy atom. The average Bonchev–Trinajstić information content (AvgIpc) is 1.64. The molecule has 17 heteroatoms. The van der Waals surface area contributed by atoms with Gasteiger partial charge in [-0.15, -0.1) is 0 Å². The molecule has 522 valence electrons. The van der Waals surface area contributed by atoms with Crippen LogP contribution in [0.15, 0.2) is 225 Å². The van der Waals surface area contributed by atoms with Gasteiger partial charge in [-0.1, -0.05) is 120 Å². The topological polar surface area (TPSA) is 122 Å². The number of fused-ring (bicyclic) bond motifs is 3. The summed E-state index contributed by atoms with van der Waals surface area (Å²) in [5.74, 6) is 7.13. The average molecular weight is 1390 g/mol. The molecule has 3 aliphatic heterocycles. The van der Waals surface area contributed by atoms with Crippen LogP contribution in [-0.4, -0.2) is 149 Å². The number of nitrogens with zero attached hydrogens (tertiary/aromatic N) is 6. The van der Waals surface area contributed by atoms with Gasteiger partial charge in [0.05, 0.1) is 38.4 Å². The first-order chi connectivity index (χ1) is 49.7. The Morgan fingerprint density at radius 2 is 0.653 bits per heavy atom. The Morgan fingerprint density at radius 1 is 0.307 bits per heavy atom. The maximum atomic E-state index is 6.27. The predicted molar refractivity (Wildman–Crippen MR) is 414 cm³/mol. The van der Waals surface area contributed by atoms with Crippen molar-refractivity contribution in [2.75, 3.05) is 134 Å². The van der Waals surface area contributed by atoms with E-state index >= 15 is 0 Å². The van der Waals surface area contributed by atoms with Crippen molar-refractivity contribution in [1.82, 2.24) is 29.7 Å². The summed E-state index contributed by atoms with van der Waals surface area (Å²) >= 11 is 12.2. The van der Waals surface area contributed by atoms with Gasteiger partial charge in [-0.25, -0.2) is 0 Å². The minimum atomic E-state index is 0.732. The number of aromatic nitrogens is 3. The summed E-state index contributed by atoms with van der Waals surface area (Å²) in [6, 6.07) is 68.9. The van der Waals surface area contributed by atoms with E-state index in [9.17, 15) is 0 Å². The van der Waals surface area contributed by atoms with E-state index in [-0.39, 0.29) is 0 Å². The van der Waals surface area contributed by atoms with E-state index in [1.165, 1.54) is 44.8 Å². The van der Waals surface area contributed by atoms with Crippen LogP contribution in [0.25, 0.3) is 32.7 Å². The summed E-state index contributed by atoms with van der Waals surface area (Å²) in [5, 5.41) is 5.46. The number of hydrogen-bond donors (Lipinski definition) is 3. The summed E-state index contributed by atoms with van der Waals surface area (Å²) in [7, 11) is 5.01. The minimum Gasteiger partial charge on any atom is -0.497 e. The first kappa shape index (κ1) is 69.7. The van der Waals surface area contributed by atoms with Crippen LogP contribution in [0.1, 0.15) is 36.0 Å². The molecule has 0 radical (unpaired) electrons. The third-order valence-corrected chi connectivity index (χ3v) is 19.9. The molecule has 12 aromatic rings. The molecular weight excluding hydrogens is 1300 g/mol. The number of aryl methyl sites for hydroxylation is 3. The van der Waals surface area contributed by atoms with Crippen LogP contribution in [-0.2, 0) is 19.3 Å². The lowest BCUT2D eigenvalue weighted by Crippen LogP contribution is -2.46. The van der Waals surface area contributed by atoms with Crippen LogP contribution < -0.4 is 43.1 Å². The second kappa shape index (κ2) is 34.6. The SMILES string of the molecule is COc1cccc(Oc2ccccc2N2CCN(CCCc3c[nH]c4cc(Cl)ccc34)CC2)c1.COc1ccccc1Oc1ccccc1N1CCN(CCCc2c[nH]c3cc(Cl)ccc23)CC1.COc1ccccc1Oc1ccccc1N1CCN(CCCc2c[nH]c3ccccc23)CC1. The first-order valence-electron chi connectivity index (χ1n) is 35.4. The molecule has 6 heterocycles. The number of benzene rings is 9. The van der Waals surface area contributed by atoms with E-state index in [0.29, 0.717) is 0 Å². The Bertz CT molecular complexity index is 4610. The van der Waals surface area contributed by atoms with Crippen LogP contribution in [0, 0.1) is 0 Å². The first-order valence-corrected chi connectivity index (χ1v) is 36.2. The Labute approximate surface area is 603 Å². The molecule has 3 aliphatic rings. The van der Waals surface area contributed by atoms with Crippen LogP contribution in [0.2, 0.25) is 10.0 Å². The molecule has 0 saturated carbocycles. The Hall–Kier alpha value is -9.74. The molecule has 3 saturated heterocycles. The molecule has 3 fully saturated rings. The number of rotatable bonds is 24. The zero-order valence-electron chi connectivity index (χ0n) is 58.1. The number of methoxy groups -OCH3 is 3. The summed E-state index contributed by atoms with van der Waals surface area (Å²) in [4.78, 5) is 25.1. The van der Waals surface area contributed by atoms with Crippen molar-refractivity contribution in [3.05, 3.63) is 252 Å². The van der Waals surface area contributed by atoms with Crippen LogP contribution in [0.4, 0.5) is 17.1 Å². The van der Waals surface area contributed by atoms with Crippen LogP contribution in [0.3, 0.4) is 0 Å². The smallest absolute Gasteiger partial charge is 0.169 e. The molecule has 0 bridgehead atoms. The monoisotopic (exact) mass is 1390 g/mol. The van der Waals surface area contributed by atoms with Crippen LogP contribution >= 0.6 is 23.2 Å². The van der Waals surface area contributed by atoms with Crippen molar-refractivity contribution in [3.63, 3.8) is 0 Å². The van der Waals surface area contributed by atoms with E-state index in [0.717, 1.165) is 220 Å². The number of aromatic amines is 3. The van der Waals surface area contributed by atoms with Crippen LogP contribution in [0.5, 0.6) is 51.7 Å². The quantitative estimate of drug-likeness (QED) is 0.0534. The maximum absolute atomic E-state index is 6.27. The predicted octanol–water partition coefficient (Wildman–Crippen LogP) is 18.5. The number of hydrogen-bond acceptors (Lipinski definition) is 12. The highest BCUT2D eigenvalue weighted by Gasteiger charge is 2.24. The molecule has 0 unspecified atom stereocenters. The molecule has 0 atom stereocenters. The standard InChI is InChI=1S/2C28H30ClN3O2.C28H31N3O2/c1-33-23-7-4-8-24(19-23)34-28-10-3-2-9-27(28)32-16-14-31(15-17-32)13-5-6-21-20-30-26-18-22(29)11-12-25(21)26;1-33-27-10-4-5-11-28(27)34-26-9-3-2-8-25(26)32-17-15-31(16-18-32)14-6-7-21-20-30-24-19-22(29)12-13-23(21)24;1-32-27-14-6-7-15-28(27)33-26-13-5-4-12-25(26)31-19-17-30(18-20-31)16-8-9-22-21-29-24-11-3-2-10-23(22)24/h2-4,7-12,18-20,30H,5-6,13-17H2,1H3;2-5,8-13,19-20,30H,6-7,14-18H2,1H3;2-7,10-15,21,29H,8-9,16-20H2,1H3. The van der Waals surface area contributed by atoms with E-state index < -0.39 is 0 Å². The number of H-pyrrole nitrogens is 3. The molecule has 0 spiro atoms. The summed E-state index contributed by atoms with van der Waals surface area (Å²) < 4.78 is 35.0. The summed E-state index contributed by atoms with van der Waals surface area (Å²) in [6.07, 6.45) is 13.1. The second-order valence-corrected chi connectivity index (χ2v) is 26.7. The normalized spacial score (nSPS) is 14.5. The van der Waals surface area contributed by atoms with E-state index in [1.54, 1.807) is 21.3 Å². The molecule has 0 aliphatic carbocycles. The third-order valence-electron chi connectivity index (χ3n) is 19.5. The van der Waals surface area contributed by atoms with Gasteiger partial charge >= 0.3 is 0 Å². The molecule has 3 aromatic heterocycles. The van der Waals surface area contributed by atoms with Crippen molar-refractivity contribution in [2.24, 2.45) is 0 Å². The van der Waals surface area contributed by atoms with Gasteiger partial charge in [-0.05, 0) is 178 Å². The highest BCUT2D eigenvalue weighted by molar-refractivity contribution is 6.31. The lowest BCUT2D eigenvalue weighted by Gasteiger charge is -2.36. The fraction of sp³-hybridized carbons (Fsp3) is 0.286. The molecular formula is C84H91Cl2N9O6. The molecule has 3 N–H and O–H groups in total. The zero-order valence-corrected chi connectivity index (χ0v) is 59.6. The summed E-state index contributed by atoms with van der Waals surface area (Å²) in [5.41, 5.74) is 11.0. The van der Waals surface area contributed by atoms with E-state index in [1.807, 2.05) is 133 Å². The second-order valence-electron chi connectivity index (χ2n) is 25.9. The molecule has 101 heavy (non-hydrogen) atoms. The number of ether oxygens (including phenoxy) is 6. The van der Waals surface area contributed by atoms with Crippen molar-refractivity contribution in [3.8, 4) is 51.7 Å². The van der Waals surface area contributed by atoms with Gasteiger partial charge in [0.2, 0.25) is 0 Å². The highest BCUT2D eigenvalue weighted by atomic mass is 35.5. The number of halogens is 2. The zero-order chi connectivity index (χ0) is 69.1. The lowest BCUT2D eigenvalue weighted by molar-refractivity contribution is 0.254. The van der Waals surface area contributed by atoms with Crippen molar-refractivity contribution in [2.45, 2.75) is 38.5 Å². The Balaban J connectivity index is 0.000000135. The number of piperazine rings is 3. The highest BCUT2D eigenvalue weighted by Crippen LogP contribution is 2.40. The van der Waals surface area contributed by atoms with Gasteiger partial charge < -0.3 is 58.1 Å². The Kier molecular flexibility index (Phi) is 23.9. The van der Waals surface area contributed by atoms with Gasteiger partial charge in [0.15, 0.2) is 40.2 Å². The fourth-order valence-corrected chi connectivity index (χ4v) is 14.4. The minimum absolute atomic E-state index is 0.732. The maximum Gasteiger partial charge on any atom is 0.169 e. The van der Waals surface area contributed by atoms with Gasteiger partial charge in [-0.2, -0.15) is 0 Å². The summed E-state index contributed by atoms with van der Waals surface area (Å²) in [6.45, 7) is 15.6. The van der Waals surface area contributed by atoms with Gasteiger partial charge in [0, 0.05) is 146 Å². The lowest BCUT2D eigenvalue weighted by atomic mass is 10.1. The van der Waals surface area contributed by atoms with Gasteiger partial charge in [0.1, 0.15) is 11.5 Å². The molecule has 9 aromatic carbocycles. The van der Waals surface area contributed by atoms with E-state index in [4.69, 9.17) is 51.6 Å². The fourth-order valence-electron chi connectivity index (χ4n) is 14.0. The number of anilines is 3. The largest absolute Gasteiger partial charge is 0.497 e.